The van der Waals surface area contributed by atoms with E-state index < -0.39 is 0 Å². The Morgan fingerprint density at radius 2 is 2.14 bits per heavy atom. The number of aliphatic imine (C=N–C) groups is 1. The van der Waals surface area contributed by atoms with Crippen LogP contribution in [0.5, 0.6) is 0 Å². The van der Waals surface area contributed by atoms with E-state index >= 15 is 0 Å². The highest BCUT2D eigenvalue weighted by molar-refractivity contribution is 14.0. The van der Waals surface area contributed by atoms with Crippen LogP contribution >= 0.6 is 35.7 Å². The van der Waals surface area contributed by atoms with Gasteiger partial charge >= 0.3 is 0 Å². The van der Waals surface area contributed by atoms with Crippen LogP contribution in [0.4, 0.5) is 4.39 Å². The second kappa shape index (κ2) is 9.50. The minimum atomic E-state index is -0.197. The van der Waals surface area contributed by atoms with Gasteiger partial charge in [0, 0.05) is 37.7 Å². The molecule has 2 rings (SSSR count). The van der Waals surface area contributed by atoms with Gasteiger partial charge in [0.1, 0.15) is 5.82 Å². The molecular formula is C15H23FIN3S. The Hall–Kier alpha value is -0.500. The van der Waals surface area contributed by atoms with Crippen LogP contribution in [0.3, 0.4) is 0 Å². The first-order valence-electron chi connectivity index (χ1n) is 7.04. The Kier molecular flexibility index (Phi) is 8.39. The molecule has 1 N–H and O–H groups in total. The molecular weight excluding hydrogens is 400 g/mol. The maximum atomic E-state index is 12.9. The molecule has 1 aliphatic rings. The summed E-state index contributed by atoms with van der Waals surface area (Å²) >= 11 is 2.04. The molecule has 0 saturated carbocycles. The number of guanidine groups is 1. The van der Waals surface area contributed by atoms with Gasteiger partial charge in [-0.15, -0.1) is 24.0 Å². The first-order valence-corrected chi connectivity index (χ1v) is 8.09. The zero-order chi connectivity index (χ0) is 14.4. The average molecular weight is 423 g/mol. The molecule has 0 bridgehead atoms. The highest BCUT2D eigenvalue weighted by atomic mass is 127. The lowest BCUT2D eigenvalue weighted by atomic mass is 10.2. The number of hydrogen-bond donors (Lipinski definition) is 1. The van der Waals surface area contributed by atoms with E-state index in [4.69, 9.17) is 0 Å². The summed E-state index contributed by atoms with van der Waals surface area (Å²) in [6.45, 7) is 4.98. The van der Waals surface area contributed by atoms with E-state index in [1.807, 2.05) is 18.8 Å². The minimum absolute atomic E-state index is 0. The maximum absolute atomic E-state index is 12.9. The summed E-state index contributed by atoms with van der Waals surface area (Å²) in [5, 5.41) is 4.05. The average Bonchev–Trinajstić information content (AvgIpc) is 2.50. The fourth-order valence-corrected chi connectivity index (χ4v) is 3.45. The number of nitrogens with zero attached hydrogens (tertiary/aromatic N) is 2. The monoisotopic (exact) mass is 423 g/mol. The van der Waals surface area contributed by atoms with Crippen molar-refractivity contribution in [1.82, 2.24) is 10.2 Å². The predicted molar refractivity (Wildman–Crippen MR) is 100 cm³/mol. The number of hydrogen-bond acceptors (Lipinski definition) is 2. The largest absolute Gasteiger partial charge is 0.352 e. The molecule has 1 aromatic carbocycles. The highest BCUT2D eigenvalue weighted by Gasteiger charge is 2.21. The smallest absolute Gasteiger partial charge is 0.193 e. The molecule has 0 radical (unpaired) electrons. The molecule has 1 heterocycles. The van der Waals surface area contributed by atoms with Crippen LogP contribution in [0.1, 0.15) is 18.9 Å². The summed E-state index contributed by atoms with van der Waals surface area (Å²) in [4.78, 5) is 6.67. The van der Waals surface area contributed by atoms with E-state index in [0.29, 0.717) is 11.8 Å². The fraction of sp³-hybridized carbons (Fsp3) is 0.533. The lowest BCUT2D eigenvalue weighted by Crippen LogP contribution is -2.47. The number of nitrogens with one attached hydrogen (secondary N) is 1. The summed E-state index contributed by atoms with van der Waals surface area (Å²) in [5.41, 5.74) is 1.06. The van der Waals surface area contributed by atoms with Gasteiger partial charge in [-0.2, -0.15) is 11.8 Å². The van der Waals surface area contributed by atoms with Crippen LogP contribution in [0.2, 0.25) is 0 Å². The maximum Gasteiger partial charge on any atom is 0.193 e. The van der Waals surface area contributed by atoms with E-state index in [1.54, 1.807) is 12.1 Å². The normalized spacial score (nSPS) is 19.1. The minimum Gasteiger partial charge on any atom is -0.352 e. The van der Waals surface area contributed by atoms with Gasteiger partial charge < -0.3 is 10.2 Å². The number of halogens is 2. The van der Waals surface area contributed by atoms with E-state index in [1.165, 1.54) is 18.6 Å². The van der Waals surface area contributed by atoms with Gasteiger partial charge in [0.2, 0.25) is 0 Å². The van der Waals surface area contributed by atoms with Crippen LogP contribution in [-0.4, -0.2) is 42.0 Å². The third-order valence-electron chi connectivity index (χ3n) is 3.47. The van der Waals surface area contributed by atoms with Crippen molar-refractivity contribution in [3.8, 4) is 0 Å². The molecule has 0 aromatic heterocycles. The second-order valence-electron chi connectivity index (χ2n) is 4.87. The standard InChI is InChI=1S/C15H22FN3S.HI/c1-3-14-11-19(8-9-20-14)15(17-2)18-10-12-4-6-13(16)7-5-12;/h4-7,14H,3,8-11H2,1-2H3,(H,17,18);1H. The molecule has 21 heavy (non-hydrogen) atoms. The van der Waals surface area contributed by atoms with Crippen LogP contribution in [-0.2, 0) is 6.54 Å². The first kappa shape index (κ1) is 18.5. The Bertz CT molecular complexity index is 453. The van der Waals surface area contributed by atoms with E-state index in [-0.39, 0.29) is 29.8 Å². The first-order chi connectivity index (χ1) is 9.72. The Morgan fingerprint density at radius 3 is 2.76 bits per heavy atom. The highest BCUT2D eigenvalue weighted by Crippen LogP contribution is 2.21. The number of rotatable bonds is 3. The molecule has 1 aliphatic heterocycles. The number of benzene rings is 1. The van der Waals surface area contributed by atoms with Gasteiger partial charge in [-0.25, -0.2) is 4.39 Å². The molecule has 118 valence electrons. The molecule has 0 spiro atoms. The fourth-order valence-electron chi connectivity index (χ4n) is 2.27. The second-order valence-corrected chi connectivity index (χ2v) is 6.28. The molecule has 0 amide bonds. The van der Waals surface area contributed by atoms with Crippen molar-refractivity contribution in [3.05, 3.63) is 35.6 Å². The van der Waals surface area contributed by atoms with Gasteiger partial charge in [-0.3, -0.25) is 4.99 Å². The zero-order valence-corrected chi connectivity index (χ0v) is 15.7. The van der Waals surface area contributed by atoms with Gasteiger partial charge in [0.15, 0.2) is 5.96 Å². The summed E-state index contributed by atoms with van der Waals surface area (Å²) in [7, 11) is 1.82. The molecule has 1 saturated heterocycles. The molecule has 0 aliphatic carbocycles. The van der Waals surface area contributed by atoms with Crippen LogP contribution < -0.4 is 5.32 Å². The van der Waals surface area contributed by atoms with Gasteiger partial charge in [-0.05, 0) is 24.1 Å². The van der Waals surface area contributed by atoms with Crippen molar-refractivity contribution in [2.24, 2.45) is 4.99 Å². The van der Waals surface area contributed by atoms with Crippen LogP contribution in [0.15, 0.2) is 29.3 Å². The molecule has 6 heteroatoms. The Morgan fingerprint density at radius 1 is 1.43 bits per heavy atom. The Balaban J connectivity index is 0.00000220. The summed E-state index contributed by atoms with van der Waals surface area (Å²) in [6, 6.07) is 6.59. The number of thioether (sulfide) groups is 1. The third-order valence-corrected chi connectivity index (χ3v) is 4.84. The molecule has 1 unspecified atom stereocenters. The zero-order valence-electron chi connectivity index (χ0n) is 12.5. The summed E-state index contributed by atoms with van der Waals surface area (Å²) in [5.74, 6) is 1.89. The van der Waals surface area contributed by atoms with Crippen molar-refractivity contribution < 1.29 is 4.39 Å². The SMILES string of the molecule is CCC1CN(C(=NC)NCc2ccc(F)cc2)CCS1.I. The lowest BCUT2D eigenvalue weighted by molar-refractivity contribution is 0.408. The third kappa shape index (κ3) is 5.65. The van der Waals surface area contributed by atoms with E-state index in [0.717, 1.165) is 30.4 Å². The van der Waals surface area contributed by atoms with Crippen molar-refractivity contribution in [3.63, 3.8) is 0 Å². The van der Waals surface area contributed by atoms with E-state index in [9.17, 15) is 4.39 Å². The quantitative estimate of drug-likeness (QED) is 0.459. The van der Waals surface area contributed by atoms with Crippen molar-refractivity contribution in [1.29, 1.82) is 0 Å². The Labute approximate surface area is 147 Å². The van der Waals surface area contributed by atoms with Gasteiger partial charge in [-0.1, -0.05) is 19.1 Å². The lowest BCUT2D eigenvalue weighted by Gasteiger charge is -2.34. The molecule has 3 nitrogen and oxygen atoms in total. The predicted octanol–water partition coefficient (Wildman–Crippen LogP) is 3.35. The van der Waals surface area contributed by atoms with Crippen molar-refractivity contribution >= 4 is 41.7 Å². The van der Waals surface area contributed by atoms with Crippen LogP contribution in [0.25, 0.3) is 0 Å². The summed E-state index contributed by atoms with van der Waals surface area (Å²) < 4.78 is 12.9. The van der Waals surface area contributed by atoms with Gasteiger partial charge in [0.25, 0.3) is 0 Å². The van der Waals surface area contributed by atoms with Crippen molar-refractivity contribution in [2.75, 3.05) is 25.9 Å². The molecule has 1 fully saturated rings. The molecule has 1 atom stereocenters. The van der Waals surface area contributed by atoms with E-state index in [2.05, 4.69) is 22.1 Å². The summed E-state index contributed by atoms with van der Waals surface area (Å²) in [6.07, 6.45) is 1.19. The molecule has 1 aromatic rings. The van der Waals surface area contributed by atoms with Gasteiger partial charge in [0.05, 0.1) is 0 Å². The van der Waals surface area contributed by atoms with Crippen LogP contribution in [0, 0.1) is 5.82 Å². The topological polar surface area (TPSA) is 27.6 Å². The van der Waals surface area contributed by atoms with Crippen molar-refractivity contribution in [2.45, 2.75) is 25.1 Å².